The van der Waals surface area contributed by atoms with Crippen molar-refractivity contribution < 1.29 is 23.1 Å². The molecule has 0 radical (unpaired) electrons. The highest BCUT2D eigenvalue weighted by Gasteiger charge is 2.44. The van der Waals surface area contributed by atoms with E-state index in [-0.39, 0.29) is 22.3 Å². The molecule has 6 nitrogen and oxygen atoms in total. The molecule has 40 heavy (non-hydrogen) atoms. The molecule has 0 aliphatic carbocycles. The molecule has 0 fully saturated rings. The SMILES string of the molecule is CCOc1cc(C2c3c(oc4ccc(F)cc4c3=O)C(=O)N2c2cccc(C)c2)ccc1OCc1ccccc1. The van der Waals surface area contributed by atoms with Crippen LogP contribution >= 0.6 is 0 Å². The van der Waals surface area contributed by atoms with E-state index in [0.717, 1.165) is 17.2 Å². The molecule has 0 saturated heterocycles. The zero-order valence-electron chi connectivity index (χ0n) is 22.0. The second-order valence-electron chi connectivity index (χ2n) is 9.64. The third-order valence-corrected chi connectivity index (χ3v) is 6.93. The van der Waals surface area contributed by atoms with Crippen molar-refractivity contribution in [2.45, 2.75) is 26.5 Å². The molecular weight excluding hydrogens is 509 g/mol. The van der Waals surface area contributed by atoms with Crippen LogP contribution in [0, 0.1) is 12.7 Å². The van der Waals surface area contributed by atoms with Crippen molar-refractivity contribution in [2.24, 2.45) is 0 Å². The number of rotatable bonds is 7. The standard InChI is InChI=1S/C33H26FNO5/c1-3-38-28-17-22(12-14-27(28)39-19-21-9-5-4-6-10-21)30-29-31(36)25-18-23(34)13-15-26(25)40-32(29)33(37)35(30)24-11-7-8-20(2)16-24/h4-18,30H,3,19H2,1-2H3. The molecule has 1 aliphatic rings. The van der Waals surface area contributed by atoms with Crippen LogP contribution in [-0.2, 0) is 6.61 Å². The molecule has 1 aliphatic heterocycles. The lowest BCUT2D eigenvalue weighted by atomic mass is 9.97. The number of fused-ring (bicyclic) bond motifs is 2. The van der Waals surface area contributed by atoms with Crippen molar-refractivity contribution in [3.8, 4) is 11.5 Å². The molecule has 1 unspecified atom stereocenters. The molecule has 1 aromatic heterocycles. The van der Waals surface area contributed by atoms with E-state index in [9.17, 15) is 14.0 Å². The molecular formula is C33H26FNO5. The predicted octanol–water partition coefficient (Wildman–Crippen LogP) is 6.97. The number of carbonyl (C=O) groups is 1. The quantitative estimate of drug-likeness (QED) is 0.225. The maximum absolute atomic E-state index is 14.1. The highest BCUT2D eigenvalue weighted by molar-refractivity contribution is 6.10. The van der Waals surface area contributed by atoms with Gasteiger partial charge in [0.25, 0.3) is 5.91 Å². The first-order valence-electron chi connectivity index (χ1n) is 13.0. The van der Waals surface area contributed by atoms with Gasteiger partial charge in [0.15, 0.2) is 16.9 Å². The van der Waals surface area contributed by atoms with Gasteiger partial charge in [-0.2, -0.15) is 0 Å². The Morgan fingerprint density at radius 1 is 0.875 bits per heavy atom. The molecule has 7 heteroatoms. The number of hydrogen-bond donors (Lipinski definition) is 0. The van der Waals surface area contributed by atoms with Crippen molar-refractivity contribution in [1.82, 2.24) is 0 Å². The molecule has 5 aromatic rings. The van der Waals surface area contributed by atoms with Gasteiger partial charge in [-0.05, 0) is 73.0 Å². The Balaban J connectivity index is 1.51. The van der Waals surface area contributed by atoms with Crippen molar-refractivity contribution in [3.05, 3.63) is 135 Å². The highest BCUT2D eigenvalue weighted by Crippen LogP contribution is 2.43. The van der Waals surface area contributed by atoms with E-state index in [4.69, 9.17) is 13.9 Å². The maximum Gasteiger partial charge on any atom is 0.295 e. The highest BCUT2D eigenvalue weighted by atomic mass is 19.1. The number of anilines is 1. The minimum Gasteiger partial charge on any atom is -0.490 e. The van der Waals surface area contributed by atoms with Crippen LogP contribution in [0.2, 0.25) is 0 Å². The van der Waals surface area contributed by atoms with E-state index < -0.39 is 23.2 Å². The molecule has 0 bridgehead atoms. The van der Waals surface area contributed by atoms with Gasteiger partial charge in [-0.25, -0.2) is 4.39 Å². The molecule has 0 spiro atoms. The summed E-state index contributed by atoms with van der Waals surface area (Å²) in [6.45, 7) is 4.54. The minimum atomic E-state index is -0.824. The molecule has 0 saturated carbocycles. The van der Waals surface area contributed by atoms with Crippen molar-refractivity contribution in [3.63, 3.8) is 0 Å². The molecule has 1 atom stereocenters. The van der Waals surface area contributed by atoms with Gasteiger partial charge in [-0.15, -0.1) is 0 Å². The zero-order valence-corrected chi connectivity index (χ0v) is 22.0. The van der Waals surface area contributed by atoms with E-state index >= 15 is 0 Å². The van der Waals surface area contributed by atoms with E-state index in [1.54, 1.807) is 17.0 Å². The van der Waals surface area contributed by atoms with Crippen LogP contribution in [0.15, 0.2) is 100 Å². The first-order valence-corrected chi connectivity index (χ1v) is 13.0. The maximum atomic E-state index is 14.1. The molecule has 0 N–H and O–H groups in total. The van der Waals surface area contributed by atoms with Crippen LogP contribution < -0.4 is 19.8 Å². The third-order valence-electron chi connectivity index (χ3n) is 6.93. The summed E-state index contributed by atoms with van der Waals surface area (Å²) in [7, 11) is 0. The first-order chi connectivity index (χ1) is 19.4. The summed E-state index contributed by atoms with van der Waals surface area (Å²) in [5, 5.41) is 0.0792. The second-order valence-corrected chi connectivity index (χ2v) is 9.64. The minimum absolute atomic E-state index is 0.0574. The number of halogens is 1. The van der Waals surface area contributed by atoms with Gasteiger partial charge in [0.2, 0.25) is 5.76 Å². The lowest BCUT2D eigenvalue weighted by molar-refractivity contribution is 0.0971. The molecule has 1 amide bonds. The fourth-order valence-electron chi connectivity index (χ4n) is 5.12. The summed E-state index contributed by atoms with van der Waals surface area (Å²) in [4.78, 5) is 29.2. The first kappa shape index (κ1) is 25.4. The number of carbonyl (C=O) groups excluding carboxylic acids is 1. The Hall–Kier alpha value is -4.91. The second kappa shape index (κ2) is 10.3. The monoisotopic (exact) mass is 535 g/mol. The lowest BCUT2D eigenvalue weighted by Crippen LogP contribution is -2.29. The number of ether oxygens (including phenoxy) is 2. The summed E-state index contributed by atoms with van der Waals surface area (Å²) in [5.41, 5.74) is 3.06. The topological polar surface area (TPSA) is 69.0 Å². The number of amides is 1. The Labute approximate surface area is 230 Å². The predicted molar refractivity (Wildman–Crippen MR) is 151 cm³/mol. The largest absolute Gasteiger partial charge is 0.490 e. The van der Waals surface area contributed by atoms with E-state index in [2.05, 4.69) is 0 Å². The van der Waals surface area contributed by atoms with Gasteiger partial charge in [0.1, 0.15) is 18.0 Å². The van der Waals surface area contributed by atoms with Crippen molar-refractivity contribution in [1.29, 1.82) is 0 Å². The summed E-state index contributed by atoms with van der Waals surface area (Å²) in [6.07, 6.45) is 0. The van der Waals surface area contributed by atoms with Gasteiger partial charge in [-0.1, -0.05) is 48.5 Å². The number of benzene rings is 4. The summed E-state index contributed by atoms with van der Waals surface area (Å²) in [5.74, 6) is -0.0463. The third kappa shape index (κ3) is 4.49. The average molecular weight is 536 g/mol. The van der Waals surface area contributed by atoms with E-state index in [0.29, 0.717) is 36.0 Å². The smallest absolute Gasteiger partial charge is 0.295 e. The number of aryl methyl sites for hydroxylation is 1. The molecule has 6 rings (SSSR count). The number of nitrogens with zero attached hydrogens (tertiary/aromatic N) is 1. The van der Waals surface area contributed by atoms with Crippen LogP contribution in [0.4, 0.5) is 10.1 Å². The zero-order chi connectivity index (χ0) is 27.8. The van der Waals surface area contributed by atoms with Crippen LogP contribution in [-0.4, -0.2) is 12.5 Å². The Bertz CT molecular complexity index is 1800. The Morgan fingerprint density at radius 2 is 1.70 bits per heavy atom. The Kier molecular flexibility index (Phi) is 6.56. The van der Waals surface area contributed by atoms with Gasteiger partial charge in [0, 0.05) is 5.69 Å². The van der Waals surface area contributed by atoms with Crippen molar-refractivity contribution >= 4 is 22.6 Å². The molecule has 200 valence electrons. The number of hydrogen-bond acceptors (Lipinski definition) is 5. The van der Waals surface area contributed by atoms with Crippen LogP contribution in [0.1, 0.15) is 45.8 Å². The molecule has 4 aromatic carbocycles. The van der Waals surface area contributed by atoms with Gasteiger partial charge in [0.05, 0.1) is 23.6 Å². The summed E-state index contributed by atoms with van der Waals surface area (Å²) < 4.78 is 32.1. The van der Waals surface area contributed by atoms with Gasteiger partial charge in [-0.3, -0.25) is 14.5 Å². The summed E-state index contributed by atoms with van der Waals surface area (Å²) in [6, 6.07) is 25.5. The van der Waals surface area contributed by atoms with Gasteiger partial charge >= 0.3 is 0 Å². The van der Waals surface area contributed by atoms with E-state index in [1.807, 2.05) is 74.5 Å². The van der Waals surface area contributed by atoms with E-state index in [1.165, 1.54) is 12.1 Å². The normalized spacial score (nSPS) is 14.4. The van der Waals surface area contributed by atoms with Crippen LogP contribution in [0.3, 0.4) is 0 Å². The Morgan fingerprint density at radius 3 is 2.48 bits per heavy atom. The van der Waals surface area contributed by atoms with Crippen LogP contribution in [0.25, 0.3) is 11.0 Å². The van der Waals surface area contributed by atoms with Crippen LogP contribution in [0.5, 0.6) is 11.5 Å². The lowest BCUT2D eigenvalue weighted by Gasteiger charge is -2.26. The molecule has 2 heterocycles. The van der Waals surface area contributed by atoms with Crippen molar-refractivity contribution in [2.75, 3.05) is 11.5 Å². The summed E-state index contributed by atoms with van der Waals surface area (Å²) >= 11 is 0. The average Bonchev–Trinajstić information content (AvgIpc) is 3.25. The fourth-order valence-corrected chi connectivity index (χ4v) is 5.12. The fraction of sp³-hybridized carbons (Fsp3) is 0.152. The van der Waals surface area contributed by atoms with Gasteiger partial charge < -0.3 is 13.9 Å².